The van der Waals surface area contributed by atoms with Crippen LogP contribution >= 0.6 is 0 Å². The Morgan fingerprint density at radius 3 is 2.22 bits per heavy atom. The van der Waals surface area contributed by atoms with Gasteiger partial charge in [0.15, 0.2) is 0 Å². The molecule has 6 aliphatic carbocycles. The molecule has 6 aliphatic rings. The van der Waals surface area contributed by atoms with E-state index in [1.54, 1.807) is 0 Å². The van der Waals surface area contributed by atoms with Gasteiger partial charge < -0.3 is 20.1 Å². The molecular formula is C42H57N3O5. The van der Waals surface area contributed by atoms with Gasteiger partial charge in [0, 0.05) is 0 Å². The number of hydrogen-bond donors (Lipinski definition) is 3. The molecule has 8 rings (SSSR count). The Morgan fingerprint density at radius 2 is 1.52 bits per heavy atom. The number of amides is 1. The summed E-state index contributed by atoms with van der Waals surface area (Å²) in [7, 11) is 0. The van der Waals surface area contributed by atoms with E-state index in [2.05, 4.69) is 48.2 Å². The van der Waals surface area contributed by atoms with E-state index in [0.717, 1.165) is 55.6 Å². The fourth-order valence-electron chi connectivity index (χ4n) is 13.4. The average molecular weight is 684 g/mol. The van der Waals surface area contributed by atoms with Crippen molar-refractivity contribution in [1.82, 2.24) is 15.3 Å². The van der Waals surface area contributed by atoms with E-state index in [1.165, 1.54) is 32.1 Å². The van der Waals surface area contributed by atoms with E-state index >= 15 is 0 Å². The van der Waals surface area contributed by atoms with Gasteiger partial charge in [-0.1, -0.05) is 64.4 Å². The molecule has 0 bridgehead atoms. The largest absolute Gasteiger partial charge is 0.481 e. The van der Waals surface area contributed by atoms with E-state index in [9.17, 15) is 19.5 Å². The molecule has 0 spiro atoms. The lowest BCUT2D eigenvalue weighted by atomic mass is 9.38. The third-order valence-electron chi connectivity index (χ3n) is 16.3. The van der Waals surface area contributed by atoms with Crippen molar-refractivity contribution < 1.29 is 24.2 Å². The van der Waals surface area contributed by atoms with Gasteiger partial charge in [-0.25, -0.2) is 4.98 Å². The number of nitrogens with zero attached hydrogens (tertiary/aromatic N) is 1. The van der Waals surface area contributed by atoms with Crippen molar-refractivity contribution in [2.45, 2.75) is 117 Å². The van der Waals surface area contributed by atoms with Crippen molar-refractivity contribution >= 4 is 17.8 Å². The number of rotatable bonds is 7. The smallest absolute Gasteiger partial charge is 0.309 e. The Bertz CT molecular complexity index is 1620. The zero-order valence-electron chi connectivity index (χ0n) is 30.5. The van der Waals surface area contributed by atoms with Crippen molar-refractivity contribution in [3.05, 3.63) is 42.4 Å². The number of ether oxygens (including phenoxy) is 1. The number of hydrogen-bond acceptors (Lipinski definition) is 5. The van der Waals surface area contributed by atoms with Gasteiger partial charge in [0.05, 0.1) is 35.7 Å². The molecule has 13 atom stereocenters. The van der Waals surface area contributed by atoms with Gasteiger partial charge in [-0.3, -0.25) is 14.4 Å². The Hall–Kier alpha value is -3.16. The number of H-pyrrole nitrogens is 1. The van der Waals surface area contributed by atoms with E-state index in [-0.39, 0.29) is 46.1 Å². The summed E-state index contributed by atoms with van der Waals surface area (Å²) in [5.74, 6) is 2.45. The zero-order chi connectivity index (χ0) is 35.0. The normalized spacial score (nSPS) is 43.3. The van der Waals surface area contributed by atoms with Crippen LogP contribution in [-0.2, 0) is 25.7 Å². The summed E-state index contributed by atoms with van der Waals surface area (Å²) in [4.78, 5) is 46.8. The van der Waals surface area contributed by atoms with E-state index < -0.39 is 11.9 Å². The van der Waals surface area contributed by atoms with Crippen molar-refractivity contribution in [3.8, 4) is 11.3 Å². The van der Waals surface area contributed by atoms with Gasteiger partial charge in [-0.2, -0.15) is 0 Å². The Balaban J connectivity index is 0.926. The highest BCUT2D eigenvalue weighted by Crippen LogP contribution is 2.71. The standard InChI is InChI=1S/C42H57N3O5/c1-24-27(37(46)47)21-28(24)38(48)50-35-16-18-40(3)29(25(35)2)12-13-31-30(40)14-15-32-33-11-8-17-42(33,20-19-41(31,32)4)39(49)44-23-36-43-22-34(45-36)26-9-6-5-7-10-26/h5-7,9-10,22,24-25,27-33,35H,8,11-21,23H2,1-4H3,(H,43,45)(H,44,49)(H,46,47)/t24?,25?,27?,28?,29?,30?,31?,32?,33?,35?,40?,41-,42?/m0/s1. The van der Waals surface area contributed by atoms with Crippen molar-refractivity contribution in [3.63, 3.8) is 0 Å². The monoisotopic (exact) mass is 683 g/mol. The first kappa shape index (κ1) is 34.0. The third kappa shape index (κ3) is 5.19. The molecule has 8 heteroatoms. The molecule has 50 heavy (non-hydrogen) atoms. The minimum Gasteiger partial charge on any atom is -0.481 e. The summed E-state index contributed by atoms with van der Waals surface area (Å²) >= 11 is 0. The minimum atomic E-state index is -0.800. The third-order valence-corrected chi connectivity index (χ3v) is 16.3. The van der Waals surface area contributed by atoms with E-state index in [1.807, 2.05) is 31.3 Å². The lowest BCUT2D eigenvalue weighted by Crippen LogP contribution is -2.62. The summed E-state index contributed by atoms with van der Waals surface area (Å²) < 4.78 is 6.22. The Labute approximate surface area is 297 Å². The summed E-state index contributed by atoms with van der Waals surface area (Å²) in [6.07, 6.45) is 14.5. The number of esters is 1. The van der Waals surface area contributed by atoms with Gasteiger partial charge in [-0.15, -0.1) is 0 Å². The number of carboxylic acids is 1. The topological polar surface area (TPSA) is 121 Å². The molecule has 1 amide bonds. The molecule has 270 valence electrons. The maximum Gasteiger partial charge on any atom is 0.309 e. The average Bonchev–Trinajstić information content (AvgIpc) is 3.76. The minimum absolute atomic E-state index is 0.0708. The van der Waals surface area contributed by atoms with Crippen molar-refractivity contribution in [2.75, 3.05) is 0 Å². The second-order valence-corrected chi connectivity index (χ2v) is 18.1. The van der Waals surface area contributed by atoms with Crippen LogP contribution in [0.25, 0.3) is 11.3 Å². The van der Waals surface area contributed by atoms with Crippen LogP contribution in [0.4, 0.5) is 0 Å². The molecular weight excluding hydrogens is 626 g/mol. The molecule has 6 fully saturated rings. The van der Waals surface area contributed by atoms with Crippen LogP contribution in [0.3, 0.4) is 0 Å². The molecule has 1 aromatic heterocycles. The van der Waals surface area contributed by atoms with E-state index in [4.69, 9.17) is 4.74 Å². The van der Waals surface area contributed by atoms with Crippen LogP contribution in [0.1, 0.15) is 111 Å². The second kappa shape index (κ2) is 12.5. The highest BCUT2D eigenvalue weighted by molar-refractivity contribution is 5.83. The number of aromatic nitrogens is 2. The highest BCUT2D eigenvalue weighted by atomic mass is 16.5. The quantitative estimate of drug-likeness (QED) is 0.254. The predicted octanol–water partition coefficient (Wildman–Crippen LogP) is 8.04. The van der Waals surface area contributed by atoms with Crippen LogP contribution in [0.2, 0.25) is 0 Å². The molecule has 3 N–H and O–H groups in total. The molecule has 0 saturated heterocycles. The lowest BCUT2D eigenvalue weighted by Gasteiger charge is -2.67. The summed E-state index contributed by atoms with van der Waals surface area (Å²) in [5, 5.41) is 12.8. The molecule has 0 radical (unpaired) electrons. The number of aliphatic carboxylic acids is 1. The number of carbonyl (C=O) groups is 3. The zero-order valence-corrected chi connectivity index (χ0v) is 30.5. The molecule has 1 heterocycles. The lowest BCUT2D eigenvalue weighted by molar-refractivity contribution is -0.199. The number of benzene rings is 1. The molecule has 0 aliphatic heterocycles. The second-order valence-electron chi connectivity index (χ2n) is 18.1. The van der Waals surface area contributed by atoms with E-state index in [0.29, 0.717) is 48.5 Å². The van der Waals surface area contributed by atoms with Gasteiger partial charge in [0.25, 0.3) is 0 Å². The molecule has 2 aromatic rings. The summed E-state index contributed by atoms with van der Waals surface area (Å²) in [6, 6.07) is 10.2. The summed E-state index contributed by atoms with van der Waals surface area (Å²) in [6.45, 7) is 9.79. The van der Waals surface area contributed by atoms with Gasteiger partial charge in [0.2, 0.25) is 5.91 Å². The van der Waals surface area contributed by atoms with Gasteiger partial charge in [-0.05, 0) is 128 Å². The Kier molecular flexibility index (Phi) is 8.49. The number of carboxylic acid groups (broad SMARTS) is 1. The Morgan fingerprint density at radius 1 is 0.840 bits per heavy atom. The number of aromatic amines is 1. The number of imidazole rings is 1. The fourth-order valence-corrected chi connectivity index (χ4v) is 13.4. The maximum atomic E-state index is 14.2. The number of carbonyl (C=O) groups excluding carboxylic acids is 2. The molecule has 1 aromatic carbocycles. The summed E-state index contributed by atoms with van der Waals surface area (Å²) in [5.41, 5.74) is 2.31. The first-order valence-electron chi connectivity index (χ1n) is 19.8. The van der Waals surface area contributed by atoms with Crippen molar-refractivity contribution in [2.24, 2.45) is 69.5 Å². The maximum absolute atomic E-state index is 14.2. The van der Waals surface area contributed by atoms with Crippen molar-refractivity contribution in [1.29, 1.82) is 0 Å². The van der Waals surface area contributed by atoms with Gasteiger partial charge >= 0.3 is 11.9 Å². The van der Waals surface area contributed by atoms with Crippen LogP contribution in [-0.4, -0.2) is 39.0 Å². The van der Waals surface area contributed by atoms with Gasteiger partial charge in [0.1, 0.15) is 11.9 Å². The first-order valence-corrected chi connectivity index (χ1v) is 19.8. The molecule has 12 unspecified atom stereocenters. The van der Waals surface area contributed by atoms with Crippen LogP contribution in [0.5, 0.6) is 0 Å². The SMILES string of the molecule is CC1C(C(=O)O)CC1C(=O)OC1CCC2(C)C(CCC3C2CCC2C4CCCC4(C(=O)NCc4ncc(-c5ccccc5)[nH]4)CC[C@]23C)C1C. The molecule has 6 saturated carbocycles. The van der Waals surface area contributed by atoms with Crippen LogP contribution in [0.15, 0.2) is 36.5 Å². The molecule has 8 nitrogen and oxygen atoms in total. The number of fused-ring (bicyclic) bond motifs is 7. The van der Waals surface area contributed by atoms with Crippen LogP contribution in [0, 0.1) is 69.5 Å². The number of nitrogens with one attached hydrogen (secondary N) is 2. The first-order chi connectivity index (χ1) is 24.0. The predicted molar refractivity (Wildman–Crippen MR) is 190 cm³/mol. The van der Waals surface area contributed by atoms with Crippen LogP contribution < -0.4 is 5.32 Å². The fraction of sp³-hybridized carbons (Fsp3) is 0.714. The highest BCUT2D eigenvalue weighted by Gasteiger charge is 2.66.